The Bertz CT molecular complexity index is 658. The van der Waals surface area contributed by atoms with Gasteiger partial charge in [-0.1, -0.05) is 19.9 Å². The first-order chi connectivity index (χ1) is 13.1. The van der Waals surface area contributed by atoms with Crippen LogP contribution in [0.15, 0.2) is 24.3 Å². The van der Waals surface area contributed by atoms with Gasteiger partial charge in [-0.15, -0.1) is 12.4 Å². The first-order valence-corrected chi connectivity index (χ1v) is 10.5. The van der Waals surface area contributed by atoms with Crippen molar-refractivity contribution in [2.45, 2.75) is 46.0 Å². The van der Waals surface area contributed by atoms with E-state index in [9.17, 15) is 9.59 Å². The number of carbonyl (C=O) groups is 2. The van der Waals surface area contributed by atoms with Gasteiger partial charge in [0.2, 0.25) is 0 Å². The molecule has 5 nitrogen and oxygen atoms in total. The Morgan fingerprint density at radius 1 is 1.07 bits per heavy atom. The normalized spacial score (nSPS) is 18.0. The average molecular weight is 408 g/mol. The molecular formula is C22H34ClN3O2. The van der Waals surface area contributed by atoms with Crippen LogP contribution in [-0.4, -0.2) is 60.9 Å². The maximum atomic E-state index is 13.0. The Morgan fingerprint density at radius 3 is 2.29 bits per heavy atom. The number of benzene rings is 1. The van der Waals surface area contributed by atoms with Crippen molar-refractivity contribution < 1.29 is 9.59 Å². The molecule has 3 rings (SSSR count). The number of halogens is 1. The topological polar surface area (TPSA) is 52.7 Å². The minimum absolute atomic E-state index is 0. The highest BCUT2D eigenvalue weighted by atomic mass is 35.5. The molecular weight excluding hydrogens is 374 g/mol. The highest BCUT2D eigenvalue weighted by Crippen LogP contribution is 2.37. The molecule has 2 fully saturated rings. The van der Waals surface area contributed by atoms with Gasteiger partial charge in [-0.05, 0) is 62.3 Å². The van der Waals surface area contributed by atoms with Crippen molar-refractivity contribution in [1.29, 1.82) is 0 Å². The second kappa shape index (κ2) is 10.3. The molecule has 2 heterocycles. The largest absolute Gasteiger partial charge is 0.339 e. The molecule has 2 saturated heterocycles. The van der Waals surface area contributed by atoms with Crippen LogP contribution in [0.1, 0.15) is 66.7 Å². The van der Waals surface area contributed by atoms with Gasteiger partial charge in [0.25, 0.3) is 11.8 Å². The van der Waals surface area contributed by atoms with Crippen molar-refractivity contribution in [3.63, 3.8) is 0 Å². The van der Waals surface area contributed by atoms with Crippen molar-refractivity contribution in [2.24, 2.45) is 5.41 Å². The number of rotatable bonds is 6. The van der Waals surface area contributed by atoms with Gasteiger partial charge in [0, 0.05) is 43.9 Å². The lowest BCUT2D eigenvalue weighted by Crippen LogP contribution is -2.44. The third kappa shape index (κ3) is 5.06. The van der Waals surface area contributed by atoms with Gasteiger partial charge >= 0.3 is 0 Å². The molecule has 0 atom stereocenters. The van der Waals surface area contributed by atoms with Crippen molar-refractivity contribution in [2.75, 3.05) is 39.3 Å². The fraction of sp³-hybridized carbons (Fsp3) is 0.636. The second-order valence-electron chi connectivity index (χ2n) is 8.09. The summed E-state index contributed by atoms with van der Waals surface area (Å²) in [7, 11) is 0. The molecule has 28 heavy (non-hydrogen) atoms. The Morgan fingerprint density at radius 2 is 1.71 bits per heavy atom. The fourth-order valence-electron chi connectivity index (χ4n) is 4.41. The Labute approximate surface area is 175 Å². The van der Waals surface area contributed by atoms with Crippen LogP contribution >= 0.6 is 12.4 Å². The molecule has 2 amide bonds. The maximum Gasteiger partial charge on any atom is 0.253 e. The molecule has 1 spiro atoms. The molecule has 0 bridgehead atoms. The van der Waals surface area contributed by atoms with Crippen molar-refractivity contribution in [3.8, 4) is 0 Å². The van der Waals surface area contributed by atoms with Crippen molar-refractivity contribution in [3.05, 3.63) is 35.4 Å². The number of nitrogens with zero attached hydrogens (tertiary/aromatic N) is 2. The standard InChI is InChI=1S/C22H33N3O2.ClH/c1-3-12-24(13-4-2)20(26)18-6-5-7-19(16-18)21(27)25-14-9-22(10-15-25)8-11-23-17-22;/h5-7,16,23H,3-4,8-15,17H2,1-2H3;1H. The van der Waals surface area contributed by atoms with Crippen LogP contribution in [-0.2, 0) is 0 Å². The summed E-state index contributed by atoms with van der Waals surface area (Å²) in [5, 5.41) is 3.46. The summed E-state index contributed by atoms with van der Waals surface area (Å²) < 4.78 is 0. The van der Waals surface area contributed by atoms with E-state index in [-0.39, 0.29) is 24.2 Å². The van der Waals surface area contributed by atoms with Crippen LogP contribution in [0.3, 0.4) is 0 Å². The second-order valence-corrected chi connectivity index (χ2v) is 8.09. The smallest absolute Gasteiger partial charge is 0.253 e. The Hall–Kier alpha value is -1.59. The maximum absolute atomic E-state index is 13.0. The third-order valence-electron chi connectivity index (χ3n) is 6.07. The van der Waals surface area contributed by atoms with Crippen LogP contribution < -0.4 is 5.32 Å². The van der Waals surface area contributed by atoms with Gasteiger partial charge in [0.1, 0.15) is 0 Å². The first kappa shape index (κ1) is 22.7. The Kier molecular flexibility index (Phi) is 8.32. The lowest BCUT2D eigenvalue weighted by molar-refractivity contribution is 0.0607. The third-order valence-corrected chi connectivity index (χ3v) is 6.07. The summed E-state index contributed by atoms with van der Waals surface area (Å²) in [4.78, 5) is 29.7. The molecule has 0 aliphatic carbocycles. The van der Waals surface area contributed by atoms with Crippen molar-refractivity contribution >= 4 is 24.2 Å². The van der Waals surface area contributed by atoms with Gasteiger partial charge in [-0.3, -0.25) is 9.59 Å². The van der Waals surface area contributed by atoms with E-state index in [0.717, 1.165) is 65.0 Å². The number of hydrogen-bond acceptors (Lipinski definition) is 3. The van der Waals surface area contributed by atoms with E-state index in [0.29, 0.717) is 16.5 Å². The van der Waals surface area contributed by atoms with Crippen LogP contribution in [0.2, 0.25) is 0 Å². The summed E-state index contributed by atoms with van der Waals surface area (Å²) in [5.41, 5.74) is 1.65. The van der Waals surface area contributed by atoms with Crippen molar-refractivity contribution in [1.82, 2.24) is 15.1 Å². The van der Waals surface area contributed by atoms with Gasteiger partial charge in [0.15, 0.2) is 0 Å². The zero-order valence-corrected chi connectivity index (χ0v) is 18.0. The summed E-state index contributed by atoms with van der Waals surface area (Å²) >= 11 is 0. The van der Waals surface area contributed by atoms with Gasteiger partial charge in [-0.2, -0.15) is 0 Å². The van der Waals surface area contributed by atoms with E-state index in [1.165, 1.54) is 6.42 Å². The predicted octanol–water partition coefficient (Wildman–Crippen LogP) is 3.59. The first-order valence-electron chi connectivity index (χ1n) is 10.5. The highest BCUT2D eigenvalue weighted by molar-refractivity contribution is 5.99. The molecule has 2 aliphatic heterocycles. The lowest BCUT2D eigenvalue weighted by atomic mass is 9.78. The van der Waals surface area contributed by atoms with E-state index >= 15 is 0 Å². The van der Waals surface area contributed by atoms with Crippen LogP contribution in [0, 0.1) is 5.41 Å². The van der Waals surface area contributed by atoms with Crippen LogP contribution in [0.5, 0.6) is 0 Å². The SMILES string of the molecule is CCCN(CCC)C(=O)c1cccc(C(=O)N2CCC3(CCNC3)CC2)c1.Cl. The number of piperidine rings is 1. The molecule has 0 unspecified atom stereocenters. The number of amides is 2. The zero-order chi connectivity index (χ0) is 19.3. The number of carbonyl (C=O) groups excluding carboxylic acids is 2. The van der Waals surface area contributed by atoms with Gasteiger partial charge < -0.3 is 15.1 Å². The van der Waals surface area contributed by atoms with E-state index in [1.807, 2.05) is 28.0 Å². The average Bonchev–Trinajstić information content (AvgIpc) is 3.15. The molecule has 1 aromatic rings. The molecule has 0 aromatic heterocycles. The fourth-order valence-corrected chi connectivity index (χ4v) is 4.41. The summed E-state index contributed by atoms with van der Waals surface area (Å²) in [6.45, 7) is 9.50. The highest BCUT2D eigenvalue weighted by Gasteiger charge is 2.38. The summed E-state index contributed by atoms with van der Waals surface area (Å²) in [6.07, 6.45) is 5.25. The van der Waals surface area contributed by atoms with Crippen LogP contribution in [0.25, 0.3) is 0 Å². The molecule has 0 radical (unpaired) electrons. The number of likely N-dealkylation sites (tertiary alicyclic amines) is 1. The van der Waals surface area contributed by atoms with E-state index in [4.69, 9.17) is 0 Å². The summed E-state index contributed by atoms with van der Waals surface area (Å²) in [5.74, 6) is 0.0889. The van der Waals surface area contributed by atoms with E-state index in [2.05, 4.69) is 19.2 Å². The molecule has 1 N–H and O–H groups in total. The monoisotopic (exact) mass is 407 g/mol. The van der Waals surface area contributed by atoms with E-state index in [1.54, 1.807) is 6.07 Å². The molecule has 2 aliphatic rings. The predicted molar refractivity (Wildman–Crippen MR) is 115 cm³/mol. The molecule has 6 heteroatoms. The molecule has 1 aromatic carbocycles. The summed E-state index contributed by atoms with van der Waals surface area (Å²) in [6, 6.07) is 7.28. The minimum atomic E-state index is 0. The van der Waals surface area contributed by atoms with Gasteiger partial charge in [0.05, 0.1) is 0 Å². The Balaban J connectivity index is 0.00000280. The van der Waals surface area contributed by atoms with Gasteiger partial charge in [-0.25, -0.2) is 0 Å². The molecule has 0 saturated carbocycles. The zero-order valence-electron chi connectivity index (χ0n) is 17.2. The molecule has 156 valence electrons. The van der Waals surface area contributed by atoms with E-state index < -0.39 is 0 Å². The van der Waals surface area contributed by atoms with Crippen LogP contribution in [0.4, 0.5) is 0 Å². The minimum Gasteiger partial charge on any atom is -0.339 e. The lowest BCUT2D eigenvalue weighted by Gasteiger charge is -2.39. The number of hydrogen-bond donors (Lipinski definition) is 1. The quantitative estimate of drug-likeness (QED) is 0.784. The number of nitrogens with one attached hydrogen (secondary N) is 1.